The molecule has 2 N–H and O–H groups in total. The van der Waals surface area contributed by atoms with E-state index in [-0.39, 0.29) is 0 Å². The summed E-state index contributed by atoms with van der Waals surface area (Å²) in [6, 6.07) is 17.3. The van der Waals surface area contributed by atoms with E-state index in [1.165, 1.54) is 49.0 Å². The summed E-state index contributed by atoms with van der Waals surface area (Å²) in [6.45, 7) is 4.95. The minimum Gasteiger partial charge on any atom is -0.352 e. The zero-order chi connectivity index (χ0) is 21.3. The highest BCUT2D eigenvalue weighted by Gasteiger charge is 2.10. The van der Waals surface area contributed by atoms with Gasteiger partial charge in [0, 0.05) is 39.1 Å². The summed E-state index contributed by atoms with van der Waals surface area (Å²) in [5.41, 5.74) is 4.95. The van der Waals surface area contributed by atoms with Crippen molar-refractivity contribution >= 4 is 5.96 Å². The summed E-state index contributed by atoms with van der Waals surface area (Å²) in [4.78, 5) is 11.1. The molecule has 6 heteroatoms. The number of hydrogen-bond acceptors (Lipinski definition) is 3. The molecule has 0 atom stereocenters. The van der Waals surface area contributed by atoms with Gasteiger partial charge in [-0.2, -0.15) is 0 Å². The third-order valence-electron chi connectivity index (χ3n) is 5.78. The Bertz CT molecular complexity index is 956. The molecule has 31 heavy (non-hydrogen) atoms. The summed E-state index contributed by atoms with van der Waals surface area (Å²) < 4.78 is 2.03. The quantitative estimate of drug-likeness (QED) is 0.455. The van der Waals surface area contributed by atoms with Crippen LogP contribution < -0.4 is 10.6 Å². The van der Waals surface area contributed by atoms with Crippen LogP contribution in [0.25, 0.3) is 5.69 Å². The number of likely N-dealkylation sites (tertiary alicyclic amines) is 1. The van der Waals surface area contributed by atoms with Gasteiger partial charge in [-0.15, -0.1) is 0 Å². The maximum atomic E-state index is 4.37. The largest absolute Gasteiger partial charge is 0.352 e. The molecule has 1 aromatic heterocycles. The Balaban J connectivity index is 1.28. The number of piperidine rings is 1. The van der Waals surface area contributed by atoms with Crippen LogP contribution in [0.15, 0.2) is 72.2 Å². The molecule has 4 rings (SSSR count). The lowest BCUT2D eigenvalue weighted by molar-refractivity contribution is 0.221. The average Bonchev–Trinajstić information content (AvgIpc) is 3.36. The van der Waals surface area contributed by atoms with Gasteiger partial charge in [0.05, 0.1) is 12.0 Å². The highest BCUT2D eigenvalue weighted by atomic mass is 15.2. The van der Waals surface area contributed by atoms with Crippen molar-refractivity contribution in [2.75, 3.05) is 20.1 Å². The lowest BCUT2D eigenvalue weighted by atomic mass is 10.1. The van der Waals surface area contributed by atoms with E-state index in [0.29, 0.717) is 6.54 Å². The van der Waals surface area contributed by atoms with E-state index in [9.17, 15) is 0 Å². The third kappa shape index (κ3) is 5.95. The Labute approximate surface area is 185 Å². The zero-order valence-electron chi connectivity index (χ0n) is 18.3. The number of para-hydroxylation sites is 1. The standard InChI is InChI=1S/C25H32N6/c1-26-25(29-18-23-7-3-4-8-24(23)31-16-13-27-20-31)28-17-21-9-11-22(12-10-21)19-30-14-5-2-6-15-30/h3-4,7-13,16,20H,2,5-6,14-15,17-19H2,1H3,(H2,26,28,29). The highest BCUT2D eigenvalue weighted by molar-refractivity contribution is 5.79. The fraction of sp³-hybridized carbons (Fsp3) is 0.360. The van der Waals surface area contributed by atoms with E-state index >= 15 is 0 Å². The van der Waals surface area contributed by atoms with E-state index in [1.54, 1.807) is 13.2 Å². The van der Waals surface area contributed by atoms with Crippen LogP contribution in [0, 0.1) is 0 Å². The number of benzene rings is 2. The number of guanidine groups is 1. The van der Waals surface area contributed by atoms with E-state index in [2.05, 4.69) is 68.0 Å². The molecule has 0 spiro atoms. The number of aromatic nitrogens is 2. The number of hydrogen-bond donors (Lipinski definition) is 2. The first-order chi connectivity index (χ1) is 15.3. The van der Waals surface area contributed by atoms with Crippen LogP contribution in [0.5, 0.6) is 0 Å². The maximum Gasteiger partial charge on any atom is 0.191 e. The first-order valence-corrected chi connectivity index (χ1v) is 11.1. The number of rotatable bonds is 7. The molecular formula is C25H32N6. The Hall–Kier alpha value is -3.12. The Morgan fingerprint density at radius 2 is 1.68 bits per heavy atom. The second kappa shape index (κ2) is 10.8. The Morgan fingerprint density at radius 3 is 2.42 bits per heavy atom. The predicted octanol–water partition coefficient (Wildman–Crippen LogP) is 3.72. The molecule has 0 aliphatic carbocycles. The van der Waals surface area contributed by atoms with Gasteiger partial charge in [-0.05, 0) is 48.7 Å². The summed E-state index contributed by atoms with van der Waals surface area (Å²) in [7, 11) is 1.80. The Kier molecular flexibility index (Phi) is 7.34. The molecular weight excluding hydrogens is 384 g/mol. The van der Waals surface area contributed by atoms with Crippen LogP contribution in [0.4, 0.5) is 0 Å². The van der Waals surface area contributed by atoms with Gasteiger partial charge in [-0.25, -0.2) is 4.98 Å². The average molecular weight is 417 g/mol. The molecule has 1 fully saturated rings. The van der Waals surface area contributed by atoms with E-state index in [1.807, 2.05) is 23.2 Å². The van der Waals surface area contributed by atoms with Crippen molar-refractivity contribution in [2.45, 2.75) is 38.9 Å². The summed E-state index contributed by atoms with van der Waals surface area (Å²) >= 11 is 0. The van der Waals surface area contributed by atoms with Crippen molar-refractivity contribution in [3.8, 4) is 5.69 Å². The van der Waals surface area contributed by atoms with E-state index < -0.39 is 0 Å². The molecule has 6 nitrogen and oxygen atoms in total. The first-order valence-electron chi connectivity index (χ1n) is 11.1. The van der Waals surface area contributed by atoms with Crippen molar-refractivity contribution < 1.29 is 0 Å². The molecule has 2 aromatic carbocycles. The summed E-state index contributed by atoms with van der Waals surface area (Å²) in [5.74, 6) is 0.790. The van der Waals surface area contributed by atoms with Crippen LogP contribution in [-0.2, 0) is 19.6 Å². The van der Waals surface area contributed by atoms with Gasteiger partial charge in [0.2, 0.25) is 0 Å². The SMILES string of the molecule is CN=C(NCc1ccc(CN2CCCCC2)cc1)NCc1ccccc1-n1ccnc1. The lowest BCUT2D eigenvalue weighted by Gasteiger charge is -2.26. The zero-order valence-corrected chi connectivity index (χ0v) is 18.3. The molecule has 0 bridgehead atoms. The minimum absolute atomic E-state index is 0.683. The fourth-order valence-corrected chi connectivity index (χ4v) is 4.04. The molecule has 2 heterocycles. The van der Waals surface area contributed by atoms with Gasteiger partial charge < -0.3 is 15.2 Å². The van der Waals surface area contributed by atoms with Gasteiger partial charge in [-0.1, -0.05) is 48.9 Å². The number of nitrogens with zero attached hydrogens (tertiary/aromatic N) is 4. The molecule has 1 aliphatic heterocycles. The normalized spacial score (nSPS) is 15.1. The van der Waals surface area contributed by atoms with Crippen molar-refractivity contribution in [1.29, 1.82) is 0 Å². The Morgan fingerprint density at radius 1 is 0.935 bits per heavy atom. The van der Waals surface area contributed by atoms with Crippen molar-refractivity contribution in [1.82, 2.24) is 25.1 Å². The lowest BCUT2D eigenvalue weighted by Crippen LogP contribution is -2.36. The third-order valence-corrected chi connectivity index (χ3v) is 5.78. The van der Waals surface area contributed by atoms with Crippen LogP contribution in [0.3, 0.4) is 0 Å². The summed E-state index contributed by atoms with van der Waals surface area (Å²) in [5, 5.41) is 6.84. The van der Waals surface area contributed by atoms with Crippen LogP contribution in [-0.4, -0.2) is 40.5 Å². The molecule has 1 aliphatic rings. The van der Waals surface area contributed by atoms with Gasteiger partial charge in [0.1, 0.15) is 0 Å². The van der Waals surface area contributed by atoms with Crippen molar-refractivity contribution in [2.24, 2.45) is 4.99 Å². The molecule has 0 amide bonds. The number of nitrogens with one attached hydrogen (secondary N) is 2. The van der Waals surface area contributed by atoms with Crippen LogP contribution in [0.2, 0.25) is 0 Å². The maximum absolute atomic E-state index is 4.37. The first kappa shape index (κ1) is 21.1. The number of imidazole rings is 1. The van der Waals surface area contributed by atoms with Gasteiger partial charge in [0.25, 0.3) is 0 Å². The summed E-state index contributed by atoms with van der Waals surface area (Å²) in [6.07, 6.45) is 9.62. The molecule has 162 valence electrons. The topological polar surface area (TPSA) is 57.5 Å². The van der Waals surface area contributed by atoms with Crippen molar-refractivity contribution in [3.05, 3.63) is 83.9 Å². The molecule has 0 saturated carbocycles. The highest BCUT2D eigenvalue weighted by Crippen LogP contribution is 2.15. The van der Waals surface area contributed by atoms with E-state index in [4.69, 9.17) is 0 Å². The van der Waals surface area contributed by atoms with E-state index in [0.717, 1.165) is 24.7 Å². The van der Waals surface area contributed by atoms with Crippen LogP contribution in [0.1, 0.15) is 36.0 Å². The van der Waals surface area contributed by atoms with Gasteiger partial charge in [-0.3, -0.25) is 9.89 Å². The smallest absolute Gasteiger partial charge is 0.191 e. The van der Waals surface area contributed by atoms with Gasteiger partial charge >= 0.3 is 0 Å². The monoisotopic (exact) mass is 416 g/mol. The molecule has 3 aromatic rings. The predicted molar refractivity (Wildman–Crippen MR) is 126 cm³/mol. The van der Waals surface area contributed by atoms with Crippen molar-refractivity contribution in [3.63, 3.8) is 0 Å². The molecule has 0 radical (unpaired) electrons. The number of aliphatic imine (C=N–C) groups is 1. The minimum atomic E-state index is 0.683. The van der Waals surface area contributed by atoms with Crippen LogP contribution >= 0.6 is 0 Å². The molecule has 1 saturated heterocycles. The second-order valence-electron chi connectivity index (χ2n) is 8.03. The molecule has 0 unspecified atom stereocenters. The second-order valence-corrected chi connectivity index (χ2v) is 8.03. The van der Waals surface area contributed by atoms with Gasteiger partial charge in [0.15, 0.2) is 5.96 Å². The fourth-order valence-electron chi connectivity index (χ4n) is 4.04.